The smallest absolute Gasteiger partial charge is 0.242 e. The maximum absolute atomic E-state index is 12.7. The standard InChI is InChI=1S/C23H28N2O3/c1-16(2)22(25-21(26)13-17-8-4-3-5-9-17)23(27)24-14-18-12-19-10-6-7-11-20(19)28-15-18/h3-11,16,18,22H,12-15H2,1-2H3,(H,24,27)(H,25,26). The molecule has 2 atom stereocenters. The molecule has 1 heterocycles. The number of ether oxygens (including phenoxy) is 1. The largest absolute Gasteiger partial charge is 0.493 e. The van der Waals surface area contributed by atoms with Crippen molar-refractivity contribution in [2.24, 2.45) is 11.8 Å². The van der Waals surface area contributed by atoms with Crippen LogP contribution in [0.4, 0.5) is 0 Å². The van der Waals surface area contributed by atoms with Crippen LogP contribution < -0.4 is 15.4 Å². The molecule has 0 saturated carbocycles. The number of carbonyl (C=O) groups is 2. The number of hydrogen-bond donors (Lipinski definition) is 2. The molecular weight excluding hydrogens is 352 g/mol. The number of nitrogens with one attached hydrogen (secondary N) is 2. The van der Waals surface area contributed by atoms with Crippen LogP contribution in [0.2, 0.25) is 0 Å². The summed E-state index contributed by atoms with van der Waals surface area (Å²) in [6, 6.07) is 17.0. The third-order valence-corrected chi connectivity index (χ3v) is 4.99. The molecule has 1 aliphatic rings. The summed E-state index contributed by atoms with van der Waals surface area (Å²) >= 11 is 0. The number of rotatable bonds is 7. The van der Waals surface area contributed by atoms with Gasteiger partial charge in [0.15, 0.2) is 0 Å². The van der Waals surface area contributed by atoms with Gasteiger partial charge in [-0.2, -0.15) is 0 Å². The Morgan fingerprint density at radius 3 is 2.54 bits per heavy atom. The first kappa shape index (κ1) is 19.9. The highest BCUT2D eigenvalue weighted by molar-refractivity contribution is 5.88. The third kappa shape index (κ3) is 5.35. The molecule has 0 aliphatic carbocycles. The van der Waals surface area contributed by atoms with Crippen LogP contribution in [0.5, 0.6) is 5.75 Å². The van der Waals surface area contributed by atoms with Crippen molar-refractivity contribution in [1.29, 1.82) is 0 Å². The molecule has 3 rings (SSSR count). The highest BCUT2D eigenvalue weighted by Gasteiger charge is 2.26. The minimum Gasteiger partial charge on any atom is -0.493 e. The molecular formula is C23H28N2O3. The van der Waals surface area contributed by atoms with Gasteiger partial charge < -0.3 is 15.4 Å². The predicted molar refractivity (Wildman–Crippen MR) is 109 cm³/mol. The van der Waals surface area contributed by atoms with E-state index in [1.807, 2.05) is 62.4 Å². The second kappa shape index (κ2) is 9.40. The van der Waals surface area contributed by atoms with Crippen molar-refractivity contribution < 1.29 is 14.3 Å². The monoisotopic (exact) mass is 380 g/mol. The fourth-order valence-electron chi connectivity index (χ4n) is 3.42. The van der Waals surface area contributed by atoms with Crippen molar-refractivity contribution in [1.82, 2.24) is 10.6 Å². The molecule has 0 radical (unpaired) electrons. The minimum absolute atomic E-state index is 0.00283. The second-order valence-corrected chi connectivity index (χ2v) is 7.69. The quantitative estimate of drug-likeness (QED) is 0.776. The molecule has 2 amide bonds. The molecule has 0 bridgehead atoms. The van der Waals surface area contributed by atoms with E-state index in [0.717, 1.165) is 17.7 Å². The summed E-state index contributed by atoms with van der Waals surface area (Å²) in [7, 11) is 0. The van der Waals surface area contributed by atoms with Crippen LogP contribution in [0.1, 0.15) is 25.0 Å². The van der Waals surface area contributed by atoms with Gasteiger partial charge in [-0.1, -0.05) is 62.4 Å². The Bertz CT molecular complexity index is 805. The van der Waals surface area contributed by atoms with E-state index in [-0.39, 0.29) is 30.1 Å². The lowest BCUT2D eigenvalue weighted by Crippen LogP contribution is -2.51. The molecule has 2 aromatic carbocycles. The van der Waals surface area contributed by atoms with E-state index in [1.54, 1.807) is 0 Å². The molecule has 0 aromatic heterocycles. The van der Waals surface area contributed by atoms with Gasteiger partial charge in [0.05, 0.1) is 13.0 Å². The van der Waals surface area contributed by atoms with Crippen molar-refractivity contribution in [3.63, 3.8) is 0 Å². The fraction of sp³-hybridized carbons (Fsp3) is 0.391. The minimum atomic E-state index is -0.548. The van der Waals surface area contributed by atoms with E-state index < -0.39 is 6.04 Å². The van der Waals surface area contributed by atoms with Crippen molar-refractivity contribution in [2.45, 2.75) is 32.7 Å². The molecule has 0 fully saturated rings. The number of amides is 2. The van der Waals surface area contributed by atoms with Crippen LogP contribution in [0.15, 0.2) is 54.6 Å². The number of carbonyl (C=O) groups excluding carboxylic acids is 2. The van der Waals surface area contributed by atoms with E-state index in [0.29, 0.717) is 13.2 Å². The lowest BCUT2D eigenvalue weighted by Gasteiger charge is -2.27. The first-order valence-corrected chi connectivity index (χ1v) is 9.84. The Morgan fingerprint density at radius 1 is 1.07 bits per heavy atom. The van der Waals surface area contributed by atoms with Crippen LogP contribution in [-0.4, -0.2) is 31.0 Å². The predicted octanol–water partition coefficient (Wildman–Crippen LogP) is 2.74. The third-order valence-electron chi connectivity index (χ3n) is 4.99. The molecule has 5 heteroatoms. The summed E-state index contributed by atoms with van der Waals surface area (Å²) in [6.45, 7) is 5.00. The zero-order valence-corrected chi connectivity index (χ0v) is 16.5. The molecule has 5 nitrogen and oxygen atoms in total. The van der Waals surface area contributed by atoms with Gasteiger partial charge in [-0.05, 0) is 29.5 Å². The summed E-state index contributed by atoms with van der Waals surface area (Å²) in [5, 5.41) is 5.89. The normalized spacial score (nSPS) is 16.6. The van der Waals surface area contributed by atoms with E-state index in [2.05, 4.69) is 16.7 Å². The van der Waals surface area contributed by atoms with Gasteiger partial charge in [-0.15, -0.1) is 0 Å². The van der Waals surface area contributed by atoms with Crippen molar-refractivity contribution in [3.05, 3.63) is 65.7 Å². The molecule has 0 saturated heterocycles. The number of fused-ring (bicyclic) bond motifs is 1. The maximum Gasteiger partial charge on any atom is 0.242 e. The van der Waals surface area contributed by atoms with Gasteiger partial charge in [0.2, 0.25) is 11.8 Å². The Hall–Kier alpha value is -2.82. The summed E-state index contributed by atoms with van der Waals surface area (Å²) in [6.07, 6.45) is 1.15. The highest BCUT2D eigenvalue weighted by Crippen LogP contribution is 2.26. The zero-order chi connectivity index (χ0) is 19.9. The first-order chi connectivity index (χ1) is 13.5. The second-order valence-electron chi connectivity index (χ2n) is 7.69. The fourth-order valence-corrected chi connectivity index (χ4v) is 3.42. The van der Waals surface area contributed by atoms with Gasteiger partial charge in [0.25, 0.3) is 0 Å². The Labute approximate surface area is 166 Å². The average Bonchev–Trinajstić information content (AvgIpc) is 2.70. The van der Waals surface area contributed by atoms with Gasteiger partial charge in [0.1, 0.15) is 11.8 Å². The van der Waals surface area contributed by atoms with Crippen LogP contribution in [-0.2, 0) is 22.4 Å². The van der Waals surface area contributed by atoms with E-state index in [1.165, 1.54) is 5.56 Å². The Balaban J connectivity index is 1.51. The van der Waals surface area contributed by atoms with Gasteiger partial charge in [-0.25, -0.2) is 0 Å². The summed E-state index contributed by atoms with van der Waals surface area (Å²) < 4.78 is 5.79. The summed E-state index contributed by atoms with van der Waals surface area (Å²) in [5.74, 6) is 0.873. The SMILES string of the molecule is CC(C)C(NC(=O)Cc1ccccc1)C(=O)NCC1COc2ccccc2C1. The number of hydrogen-bond acceptors (Lipinski definition) is 3. The molecule has 2 aromatic rings. The highest BCUT2D eigenvalue weighted by atomic mass is 16.5. The molecule has 1 aliphatic heterocycles. The molecule has 28 heavy (non-hydrogen) atoms. The van der Waals surface area contributed by atoms with E-state index in [4.69, 9.17) is 4.74 Å². The van der Waals surface area contributed by atoms with Crippen LogP contribution in [0.3, 0.4) is 0 Å². The first-order valence-electron chi connectivity index (χ1n) is 9.84. The molecule has 0 spiro atoms. The van der Waals surface area contributed by atoms with Crippen molar-refractivity contribution in [2.75, 3.05) is 13.2 Å². The van der Waals surface area contributed by atoms with Crippen LogP contribution >= 0.6 is 0 Å². The van der Waals surface area contributed by atoms with Crippen LogP contribution in [0, 0.1) is 11.8 Å². The topological polar surface area (TPSA) is 67.4 Å². The molecule has 2 unspecified atom stereocenters. The number of benzene rings is 2. The van der Waals surface area contributed by atoms with Crippen molar-refractivity contribution in [3.8, 4) is 5.75 Å². The van der Waals surface area contributed by atoms with Crippen LogP contribution in [0.25, 0.3) is 0 Å². The average molecular weight is 380 g/mol. The van der Waals surface area contributed by atoms with Gasteiger partial charge in [0, 0.05) is 12.5 Å². The number of para-hydroxylation sites is 1. The molecule has 2 N–H and O–H groups in total. The molecule has 148 valence electrons. The summed E-state index contributed by atoms with van der Waals surface area (Å²) in [5.41, 5.74) is 2.10. The maximum atomic E-state index is 12.7. The lowest BCUT2D eigenvalue weighted by atomic mass is 9.96. The van der Waals surface area contributed by atoms with E-state index >= 15 is 0 Å². The zero-order valence-electron chi connectivity index (χ0n) is 16.5. The van der Waals surface area contributed by atoms with Crippen molar-refractivity contribution >= 4 is 11.8 Å². The lowest BCUT2D eigenvalue weighted by molar-refractivity contribution is -0.129. The summed E-state index contributed by atoms with van der Waals surface area (Å²) in [4.78, 5) is 25.1. The van der Waals surface area contributed by atoms with Gasteiger partial charge in [-0.3, -0.25) is 9.59 Å². The Kier molecular flexibility index (Phi) is 6.69. The Morgan fingerprint density at radius 2 is 1.79 bits per heavy atom. The van der Waals surface area contributed by atoms with E-state index in [9.17, 15) is 9.59 Å². The van der Waals surface area contributed by atoms with Gasteiger partial charge >= 0.3 is 0 Å².